The van der Waals surface area contributed by atoms with Gasteiger partial charge in [0.1, 0.15) is 5.56 Å². The van der Waals surface area contributed by atoms with Crippen LogP contribution in [0.1, 0.15) is 40.0 Å². The fourth-order valence-corrected chi connectivity index (χ4v) is 4.17. The number of likely N-dealkylation sites (tertiary alicyclic amines) is 1. The van der Waals surface area contributed by atoms with E-state index < -0.39 is 5.91 Å². The number of piperidine rings is 1. The van der Waals surface area contributed by atoms with Crippen molar-refractivity contribution in [3.05, 3.63) is 76.2 Å². The molecule has 0 atom stereocenters. The molecule has 5 rings (SSSR count). The molecule has 0 aliphatic carbocycles. The molecular formula is C24H22N4O3. The van der Waals surface area contributed by atoms with Crippen molar-refractivity contribution in [1.29, 1.82) is 0 Å². The van der Waals surface area contributed by atoms with Crippen molar-refractivity contribution in [3.63, 3.8) is 0 Å². The van der Waals surface area contributed by atoms with Crippen LogP contribution in [0.5, 0.6) is 0 Å². The van der Waals surface area contributed by atoms with Gasteiger partial charge in [-0.1, -0.05) is 12.1 Å². The Labute approximate surface area is 178 Å². The Morgan fingerprint density at radius 1 is 0.903 bits per heavy atom. The molecule has 0 spiro atoms. The number of hydrogen-bond donors (Lipinski definition) is 3. The Bertz CT molecular complexity index is 1360. The van der Waals surface area contributed by atoms with E-state index in [1.54, 1.807) is 36.5 Å². The molecule has 3 N–H and O–H groups in total. The smallest absolute Gasteiger partial charge is 0.261 e. The highest BCUT2D eigenvalue weighted by Gasteiger charge is 2.23. The Hall–Kier alpha value is -3.87. The summed E-state index contributed by atoms with van der Waals surface area (Å²) in [6, 6.07) is 12.5. The summed E-state index contributed by atoms with van der Waals surface area (Å²) in [5.74, 6) is -0.656. The predicted molar refractivity (Wildman–Crippen MR) is 121 cm³/mol. The zero-order chi connectivity index (χ0) is 21.4. The maximum absolute atomic E-state index is 13.2. The molecule has 1 aliphatic rings. The lowest BCUT2D eigenvalue weighted by molar-refractivity contribution is 0.0725. The molecule has 4 aromatic rings. The molecule has 0 unspecified atom stereocenters. The van der Waals surface area contributed by atoms with Crippen molar-refractivity contribution in [1.82, 2.24) is 14.9 Å². The quantitative estimate of drug-likeness (QED) is 0.474. The highest BCUT2D eigenvalue weighted by molar-refractivity contribution is 6.11. The topological polar surface area (TPSA) is 98.1 Å². The molecule has 0 bridgehead atoms. The average Bonchev–Trinajstić information content (AvgIpc) is 3.26. The van der Waals surface area contributed by atoms with Crippen molar-refractivity contribution in [2.45, 2.75) is 19.3 Å². The van der Waals surface area contributed by atoms with E-state index in [9.17, 15) is 14.4 Å². The van der Waals surface area contributed by atoms with E-state index in [-0.39, 0.29) is 16.9 Å². The molecule has 1 saturated heterocycles. The van der Waals surface area contributed by atoms with Crippen molar-refractivity contribution in [2.75, 3.05) is 18.4 Å². The summed E-state index contributed by atoms with van der Waals surface area (Å²) in [5, 5.41) is 4.14. The summed E-state index contributed by atoms with van der Waals surface area (Å²) in [6.45, 7) is 1.42. The van der Waals surface area contributed by atoms with Gasteiger partial charge in [-0.3, -0.25) is 14.4 Å². The first kappa shape index (κ1) is 19.1. The monoisotopic (exact) mass is 414 g/mol. The van der Waals surface area contributed by atoms with Crippen LogP contribution in [0.25, 0.3) is 21.8 Å². The number of H-pyrrole nitrogens is 2. The number of aromatic nitrogens is 2. The lowest BCUT2D eigenvalue weighted by Crippen LogP contribution is -2.36. The summed E-state index contributed by atoms with van der Waals surface area (Å²) < 4.78 is 0. The number of para-hydroxylation sites is 1. The van der Waals surface area contributed by atoms with Gasteiger partial charge in [0.2, 0.25) is 5.43 Å². The van der Waals surface area contributed by atoms with Gasteiger partial charge >= 0.3 is 0 Å². The predicted octanol–water partition coefficient (Wildman–Crippen LogP) is 3.89. The van der Waals surface area contributed by atoms with Crippen molar-refractivity contribution in [2.24, 2.45) is 0 Å². The Balaban J connectivity index is 1.53. The molecule has 1 aliphatic heterocycles. The molecule has 3 heterocycles. The number of anilines is 1. The summed E-state index contributed by atoms with van der Waals surface area (Å²) in [5.41, 5.74) is 1.94. The third kappa shape index (κ3) is 3.48. The second-order valence-corrected chi connectivity index (χ2v) is 7.85. The molecule has 7 heteroatoms. The van der Waals surface area contributed by atoms with Crippen LogP contribution < -0.4 is 10.7 Å². The van der Waals surface area contributed by atoms with Gasteiger partial charge in [-0.25, -0.2) is 0 Å². The molecule has 2 amide bonds. The number of pyridine rings is 1. The van der Waals surface area contributed by atoms with Crippen LogP contribution in [0, 0.1) is 0 Å². The standard InChI is InChI=1S/C24H22N4O3/c29-22-16-6-2-3-7-19(16)26-14-18(22)23(30)27-21-13-20-15(8-9-25-20)12-17(21)24(31)28-10-4-1-5-11-28/h2-3,6-9,12-14,25H,1,4-5,10-11H2,(H,26,29)(H,27,30). The van der Waals surface area contributed by atoms with Gasteiger partial charge in [-0.05, 0) is 49.6 Å². The maximum Gasteiger partial charge on any atom is 0.261 e. The number of hydrogen-bond acceptors (Lipinski definition) is 3. The van der Waals surface area contributed by atoms with E-state index in [0.717, 1.165) is 30.2 Å². The molecule has 2 aromatic carbocycles. The summed E-state index contributed by atoms with van der Waals surface area (Å²) >= 11 is 0. The summed E-state index contributed by atoms with van der Waals surface area (Å²) in [4.78, 5) is 47.1. The van der Waals surface area contributed by atoms with Gasteiger partial charge in [0, 0.05) is 47.3 Å². The van der Waals surface area contributed by atoms with Crippen LogP contribution in [-0.4, -0.2) is 39.8 Å². The van der Waals surface area contributed by atoms with Crippen LogP contribution in [0.2, 0.25) is 0 Å². The molecule has 0 radical (unpaired) electrons. The number of carbonyl (C=O) groups is 2. The highest BCUT2D eigenvalue weighted by Crippen LogP contribution is 2.26. The Kier molecular flexibility index (Phi) is 4.78. The Morgan fingerprint density at radius 3 is 2.55 bits per heavy atom. The second kappa shape index (κ2) is 7.75. The molecule has 1 fully saturated rings. The van der Waals surface area contributed by atoms with Gasteiger partial charge in [0.05, 0.1) is 11.3 Å². The summed E-state index contributed by atoms with van der Waals surface area (Å²) in [7, 11) is 0. The first-order valence-corrected chi connectivity index (χ1v) is 10.4. The minimum absolute atomic E-state index is 0.00153. The van der Waals surface area contributed by atoms with Gasteiger partial charge in [0.25, 0.3) is 11.8 Å². The number of nitrogens with one attached hydrogen (secondary N) is 3. The van der Waals surface area contributed by atoms with Crippen LogP contribution in [0.15, 0.2) is 59.7 Å². The van der Waals surface area contributed by atoms with Crippen molar-refractivity contribution in [3.8, 4) is 0 Å². The van der Waals surface area contributed by atoms with Crippen LogP contribution in [0.4, 0.5) is 5.69 Å². The normalized spacial score (nSPS) is 14.1. The fraction of sp³-hybridized carbons (Fsp3) is 0.208. The van der Waals surface area contributed by atoms with Gasteiger partial charge in [0.15, 0.2) is 0 Å². The zero-order valence-electron chi connectivity index (χ0n) is 16.9. The van der Waals surface area contributed by atoms with E-state index in [1.165, 1.54) is 6.20 Å². The van der Waals surface area contributed by atoms with Crippen molar-refractivity contribution < 1.29 is 9.59 Å². The van der Waals surface area contributed by atoms with E-state index in [4.69, 9.17) is 0 Å². The number of fused-ring (bicyclic) bond motifs is 2. The first-order valence-electron chi connectivity index (χ1n) is 10.4. The number of aromatic amines is 2. The Morgan fingerprint density at radius 2 is 1.71 bits per heavy atom. The number of amides is 2. The van der Waals surface area contributed by atoms with E-state index in [0.29, 0.717) is 35.2 Å². The average molecular weight is 414 g/mol. The first-order chi connectivity index (χ1) is 15.1. The molecule has 7 nitrogen and oxygen atoms in total. The zero-order valence-corrected chi connectivity index (χ0v) is 16.9. The van der Waals surface area contributed by atoms with Crippen LogP contribution in [0.3, 0.4) is 0 Å². The van der Waals surface area contributed by atoms with Gasteiger partial charge in [-0.15, -0.1) is 0 Å². The molecule has 31 heavy (non-hydrogen) atoms. The molecular weight excluding hydrogens is 392 g/mol. The molecule has 0 saturated carbocycles. The fourth-order valence-electron chi connectivity index (χ4n) is 4.17. The number of rotatable bonds is 3. The lowest BCUT2D eigenvalue weighted by Gasteiger charge is -2.27. The number of carbonyl (C=O) groups excluding carboxylic acids is 2. The van der Waals surface area contributed by atoms with E-state index in [1.807, 2.05) is 17.0 Å². The van der Waals surface area contributed by atoms with Crippen molar-refractivity contribution >= 4 is 39.3 Å². The third-order valence-electron chi connectivity index (χ3n) is 5.85. The molecule has 2 aromatic heterocycles. The number of benzene rings is 2. The third-order valence-corrected chi connectivity index (χ3v) is 5.85. The van der Waals surface area contributed by atoms with Crippen LogP contribution in [-0.2, 0) is 0 Å². The van der Waals surface area contributed by atoms with E-state index in [2.05, 4.69) is 15.3 Å². The minimum Gasteiger partial charge on any atom is -0.361 e. The largest absolute Gasteiger partial charge is 0.361 e. The second-order valence-electron chi connectivity index (χ2n) is 7.85. The molecule has 156 valence electrons. The highest BCUT2D eigenvalue weighted by atomic mass is 16.2. The van der Waals surface area contributed by atoms with E-state index >= 15 is 0 Å². The van der Waals surface area contributed by atoms with Gasteiger partial charge < -0.3 is 20.2 Å². The van der Waals surface area contributed by atoms with Crippen LogP contribution >= 0.6 is 0 Å². The summed E-state index contributed by atoms with van der Waals surface area (Å²) in [6.07, 6.45) is 6.28. The number of nitrogens with zero attached hydrogens (tertiary/aromatic N) is 1. The van der Waals surface area contributed by atoms with Gasteiger partial charge in [-0.2, -0.15) is 0 Å². The SMILES string of the molecule is O=C(Nc1cc2[nH]ccc2cc1C(=O)N1CCCCC1)c1c[nH]c2ccccc2c1=O. The lowest BCUT2D eigenvalue weighted by atomic mass is 10.1. The maximum atomic E-state index is 13.2. The minimum atomic E-state index is -0.550.